The number of benzene rings is 6. The van der Waals surface area contributed by atoms with E-state index >= 15 is 0 Å². The van der Waals surface area contributed by atoms with Crippen LogP contribution in [0.1, 0.15) is 33.4 Å². The van der Waals surface area contributed by atoms with Crippen LogP contribution in [0.2, 0.25) is 0 Å². The van der Waals surface area contributed by atoms with Crippen LogP contribution >= 0.6 is 18.5 Å². The fourth-order valence-electron chi connectivity index (χ4n) is 5.21. The standard InChI is InChI=1S/2C19H17P.CH2O3/c2*20-19(16-10-4-1-5-11-16,17-12-6-2-7-13-17)18-14-8-3-9-15-18;2-1(3)4/h2*1-15H,20H2;(H2,2,3,4). The van der Waals surface area contributed by atoms with Gasteiger partial charge in [0, 0.05) is 0 Å². The van der Waals surface area contributed by atoms with Gasteiger partial charge in [0.15, 0.2) is 0 Å². The van der Waals surface area contributed by atoms with E-state index in [1.807, 2.05) is 0 Å². The van der Waals surface area contributed by atoms with E-state index in [1.54, 1.807) is 0 Å². The van der Waals surface area contributed by atoms with Crippen LogP contribution in [0, 0.1) is 0 Å². The van der Waals surface area contributed by atoms with E-state index in [-0.39, 0.29) is 10.3 Å². The molecule has 0 saturated heterocycles. The van der Waals surface area contributed by atoms with Crippen molar-refractivity contribution in [2.24, 2.45) is 0 Å². The third kappa shape index (κ3) is 7.88. The largest absolute Gasteiger partial charge is 0.503 e. The first-order valence-corrected chi connectivity index (χ1v) is 15.3. The number of hydrogen-bond donors (Lipinski definition) is 2. The van der Waals surface area contributed by atoms with Crippen LogP contribution in [0.4, 0.5) is 4.79 Å². The summed E-state index contributed by atoms with van der Waals surface area (Å²) in [5, 5.41) is 13.5. The Bertz CT molecular complexity index is 1360. The van der Waals surface area contributed by atoms with Crippen LogP contribution in [0.25, 0.3) is 0 Å². The number of rotatable bonds is 6. The van der Waals surface area contributed by atoms with Gasteiger partial charge in [-0.05, 0) is 33.4 Å². The molecule has 6 aromatic carbocycles. The summed E-state index contributed by atoms with van der Waals surface area (Å²) in [4.78, 5) is 8.56. The zero-order valence-corrected chi connectivity index (χ0v) is 26.6. The smallest absolute Gasteiger partial charge is 0.450 e. The van der Waals surface area contributed by atoms with Gasteiger partial charge in [-0.25, -0.2) is 4.79 Å². The quantitative estimate of drug-likeness (QED) is 0.145. The van der Waals surface area contributed by atoms with Crippen molar-refractivity contribution in [1.82, 2.24) is 0 Å². The van der Waals surface area contributed by atoms with Crippen molar-refractivity contribution >= 4 is 24.6 Å². The number of hydrogen-bond acceptors (Lipinski definition) is 1. The maximum atomic E-state index is 8.56. The van der Waals surface area contributed by atoms with Crippen LogP contribution in [0.3, 0.4) is 0 Å². The molecule has 2 N–H and O–H groups in total. The lowest BCUT2D eigenvalue weighted by Crippen LogP contribution is -2.21. The van der Waals surface area contributed by atoms with Crippen molar-refractivity contribution in [2.75, 3.05) is 0 Å². The van der Waals surface area contributed by atoms with Gasteiger partial charge in [-0.1, -0.05) is 182 Å². The van der Waals surface area contributed by atoms with E-state index in [0.717, 1.165) is 0 Å². The number of carbonyl (C=O) groups is 1. The maximum absolute atomic E-state index is 8.56. The zero-order chi connectivity index (χ0) is 31.3. The molecule has 0 aliphatic heterocycles. The third-order valence-electron chi connectivity index (χ3n) is 7.37. The molecule has 0 amide bonds. The van der Waals surface area contributed by atoms with Crippen molar-refractivity contribution in [2.45, 2.75) is 10.3 Å². The van der Waals surface area contributed by atoms with Crippen molar-refractivity contribution < 1.29 is 15.0 Å². The molecule has 3 nitrogen and oxygen atoms in total. The topological polar surface area (TPSA) is 57.5 Å². The van der Waals surface area contributed by atoms with Crippen molar-refractivity contribution in [3.8, 4) is 0 Å². The Balaban J connectivity index is 0.000000179. The summed E-state index contributed by atoms with van der Waals surface area (Å²) in [6.45, 7) is 0. The maximum Gasteiger partial charge on any atom is 0.503 e. The normalized spacial score (nSPS) is 10.8. The molecule has 0 fully saturated rings. The molecule has 0 aliphatic carbocycles. The zero-order valence-electron chi connectivity index (χ0n) is 24.3. The minimum Gasteiger partial charge on any atom is -0.450 e. The first kappa shape index (κ1) is 32.4. The molecule has 0 heterocycles. The Hall–Kier alpha value is -4.55. The average Bonchev–Trinajstić information content (AvgIpc) is 3.10. The minimum absolute atomic E-state index is 0.205. The highest BCUT2D eigenvalue weighted by molar-refractivity contribution is 7.19. The molecule has 0 saturated carbocycles. The van der Waals surface area contributed by atoms with Crippen LogP contribution < -0.4 is 0 Å². The van der Waals surface area contributed by atoms with E-state index in [4.69, 9.17) is 15.0 Å². The molecule has 2 unspecified atom stereocenters. The molecular formula is C39H36O3P2. The Morgan fingerprint density at radius 3 is 0.568 bits per heavy atom. The summed E-state index contributed by atoms with van der Waals surface area (Å²) >= 11 is 0. The van der Waals surface area contributed by atoms with Crippen LogP contribution in [-0.4, -0.2) is 16.4 Å². The Morgan fingerprint density at radius 2 is 0.455 bits per heavy atom. The van der Waals surface area contributed by atoms with Gasteiger partial charge in [-0.3, -0.25) is 0 Å². The highest BCUT2D eigenvalue weighted by Gasteiger charge is 2.31. The SMILES string of the molecule is O=C(O)O.PC(c1ccccc1)(c1ccccc1)c1ccccc1.PC(c1ccccc1)(c1ccccc1)c1ccccc1. The summed E-state index contributed by atoms with van der Waals surface area (Å²) in [7, 11) is 6.12. The van der Waals surface area contributed by atoms with Gasteiger partial charge < -0.3 is 10.2 Å². The first-order valence-electron chi connectivity index (χ1n) is 14.2. The average molecular weight is 615 g/mol. The van der Waals surface area contributed by atoms with Gasteiger partial charge in [0.05, 0.1) is 10.3 Å². The van der Waals surface area contributed by atoms with Crippen molar-refractivity contribution in [1.29, 1.82) is 0 Å². The van der Waals surface area contributed by atoms with Crippen molar-refractivity contribution in [3.63, 3.8) is 0 Å². The fourth-order valence-corrected chi connectivity index (χ4v) is 6.36. The molecule has 6 rings (SSSR count). The molecule has 5 heteroatoms. The second-order valence-electron chi connectivity index (χ2n) is 10.1. The van der Waals surface area contributed by atoms with Crippen LogP contribution in [0.15, 0.2) is 182 Å². The monoisotopic (exact) mass is 614 g/mol. The Labute approximate surface area is 264 Å². The second kappa shape index (κ2) is 15.8. The van der Waals surface area contributed by atoms with E-state index < -0.39 is 6.16 Å². The molecule has 0 spiro atoms. The summed E-state index contributed by atoms with van der Waals surface area (Å²) in [5.41, 5.74) is 7.68. The highest BCUT2D eigenvalue weighted by atomic mass is 31.0. The van der Waals surface area contributed by atoms with Gasteiger partial charge in [0.25, 0.3) is 0 Å². The number of carboxylic acid groups (broad SMARTS) is 2. The molecule has 0 bridgehead atoms. The fraction of sp³-hybridized carbons (Fsp3) is 0.0513. The highest BCUT2D eigenvalue weighted by Crippen LogP contribution is 2.45. The lowest BCUT2D eigenvalue weighted by molar-refractivity contribution is 0.137. The summed E-state index contributed by atoms with van der Waals surface area (Å²) in [6.07, 6.45) is -1.83. The van der Waals surface area contributed by atoms with Crippen LogP contribution in [-0.2, 0) is 10.3 Å². The molecule has 0 aromatic heterocycles. The van der Waals surface area contributed by atoms with E-state index in [9.17, 15) is 0 Å². The molecular weight excluding hydrogens is 578 g/mol. The first-order chi connectivity index (χ1) is 21.4. The van der Waals surface area contributed by atoms with E-state index in [2.05, 4.69) is 200 Å². The Kier molecular flexibility index (Phi) is 11.6. The predicted molar refractivity (Wildman–Crippen MR) is 188 cm³/mol. The molecule has 44 heavy (non-hydrogen) atoms. The van der Waals surface area contributed by atoms with Gasteiger partial charge >= 0.3 is 6.16 Å². The molecule has 0 radical (unpaired) electrons. The summed E-state index contributed by atoms with van der Waals surface area (Å²) in [5.74, 6) is 0. The van der Waals surface area contributed by atoms with Crippen LogP contribution in [0.5, 0.6) is 0 Å². The lowest BCUT2D eigenvalue weighted by atomic mass is 9.84. The Morgan fingerprint density at radius 1 is 0.341 bits per heavy atom. The molecule has 0 aliphatic rings. The summed E-state index contributed by atoms with van der Waals surface area (Å²) in [6, 6.07) is 63.8. The molecule has 6 aromatic rings. The summed E-state index contributed by atoms with van der Waals surface area (Å²) < 4.78 is 0. The van der Waals surface area contributed by atoms with Gasteiger partial charge in [-0.15, -0.1) is 18.5 Å². The molecule has 220 valence electrons. The van der Waals surface area contributed by atoms with Gasteiger partial charge in [0.2, 0.25) is 0 Å². The third-order valence-corrected chi connectivity index (χ3v) is 9.37. The lowest BCUT2D eigenvalue weighted by Gasteiger charge is -2.31. The van der Waals surface area contributed by atoms with Gasteiger partial charge in [-0.2, -0.15) is 0 Å². The minimum atomic E-state index is -1.83. The van der Waals surface area contributed by atoms with Crippen molar-refractivity contribution in [3.05, 3.63) is 215 Å². The second-order valence-corrected chi connectivity index (χ2v) is 11.8. The van der Waals surface area contributed by atoms with E-state index in [1.165, 1.54) is 33.4 Å². The van der Waals surface area contributed by atoms with Gasteiger partial charge in [0.1, 0.15) is 0 Å². The molecule has 2 atom stereocenters. The van der Waals surface area contributed by atoms with E-state index in [0.29, 0.717) is 0 Å². The predicted octanol–water partition coefficient (Wildman–Crippen LogP) is 9.93.